The molecule has 0 spiro atoms. The zero-order valence-electron chi connectivity index (χ0n) is 22.7. The number of hydrogen-bond donors (Lipinski definition) is 0. The summed E-state index contributed by atoms with van der Waals surface area (Å²) < 4.78 is 21.8. The number of halogens is 1. The second kappa shape index (κ2) is 15.6. The lowest BCUT2D eigenvalue weighted by atomic mass is 9.88. The van der Waals surface area contributed by atoms with Crippen molar-refractivity contribution in [3.63, 3.8) is 0 Å². The molecule has 2 fully saturated rings. The van der Waals surface area contributed by atoms with E-state index in [1.54, 1.807) is 0 Å². The Morgan fingerprint density at radius 1 is 0.879 bits per heavy atom. The summed E-state index contributed by atoms with van der Waals surface area (Å²) in [6.07, 6.45) is 7.83. The minimum absolute atomic E-state index is 0.101. The largest absolute Gasteiger partial charge is 0.348 e. The van der Waals surface area contributed by atoms with Crippen LogP contribution < -0.4 is 0 Å². The summed E-state index contributed by atoms with van der Waals surface area (Å²) in [5, 5.41) is 1.02. The predicted molar refractivity (Wildman–Crippen MR) is 140 cm³/mol. The van der Waals surface area contributed by atoms with Crippen LogP contribution in [0.2, 0.25) is 0 Å². The SMILES string of the molecule is CC(C)(C=O)CCCC1(C)OCCO1.CC(C)C=NC(C)(C)C.CC1(CCCBr)OCCO1. The van der Waals surface area contributed by atoms with Gasteiger partial charge in [-0.1, -0.05) is 43.6 Å². The molecule has 2 aliphatic rings. The first-order chi connectivity index (χ1) is 15.2. The van der Waals surface area contributed by atoms with Gasteiger partial charge in [0.25, 0.3) is 0 Å². The first kappa shape index (κ1) is 32.7. The Bertz CT molecular complexity index is 545. The van der Waals surface area contributed by atoms with Crippen LogP contribution in [0.25, 0.3) is 0 Å². The van der Waals surface area contributed by atoms with Crippen LogP contribution in [0, 0.1) is 11.3 Å². The van der Waals surface area contributed by atoms with Crippen molar-refractivity contribution in [3.05, 3.63) is 0 Å². The van der Waals surface area contributed by atoms with Crippen LogP contribution in [-0.4, -0.2) is 61.4 Å². The fourth-order valence-electron chi connectivity index (χ4n) is 3.09. The van der Waals surface area contributed by atoms with E-state index in [0.717, 1.165) is 56.9 Å². The Balaban J connectivity index is 0.000000482. The molecule has 0 bridgehead atoms. The van der Waals surface area contributed by atoms with E-state index >= 15 is 0 Å². The van der Waals surface area contributed by atoms with Crippen molar-refractivity contribution in [1.29, 1.82) is 0 Å². The molecule has 0 aromatic heterocycles. The topological polar surface area (TPSA) is 66.4 Å². The summed E-state index contributed by atoms with van der Waals surface area (Å²) in [5.41, 5.74) is -0.112. The third-order valence-electron chi connectivity index (χ3n) is 5.09. The van der Waals surface area contributed by atoms with Crippen LogP contribution in [-0.2, 0) is 23.7 Å². The Labute approximate surface area is 211 Å². The van der Waals surface area contributed by atoms with Gasteiger partial charge in [0.15, 0.2) is 11.6 Å². The lowest BCUT2D eigenvalue weighted by Crippen LogP contribution is -2.26. The Hall–Kier alpha value is -0.340. The Kier molecular flexibility index (Phi) is 15.5. The maximum absolute atomic E-state index is 10.7. The van der Waals surface area contributed by atoms with Crippen LogP contribution in [0.1, 0.15) is 94.4 Å². The van der Waals surface area contributed by atoms with E-state index in [1.807, 2.05) is 33.9 Å². The normalized spacial score (nSPS) is 19.7. The van der Waals surface area contributed by atoms with Crippen molar-refractivity contribution in [3.8, 4) is 0 Å². The highest BCUT2D eigenvalue weighted by Gasteiger charge is 2.31. The van der Waals surface area contributed by atoms with Crippen molar-refractivity contribution < 1.29 is 23.7 Å². The number of hydrogen-bond acceptors (Lipinski definition) is 6. The highest BCUT2D eigenvalue weighted by molar-refractivity contribution is 9.09. The number of aldehydes is 1. The quantitative estimate of drug-likeness (QED) is 0.189. The van der Waals surface area contributed by atoms with Gasteiger partial charge in [-0.15, -0.1) is 0 Å². The van der Waals surface area contributed by atoms with Crippen LogP contribution in [0.4, 0.5) is 0 Å². The number of alkyl halides is 1. The van der Waals surface area contributed by atoms with Crippen LogP contribution in [0.3, 0.4) is 0 Å². The van der Waals surface area contributed by atoms with Crippen molar-refractivity contribution in [1.82, 2.24) is 0 Å². The number of carbonyl (C=O) groups is 1. The van der Waals surface area contributed by atoms with Gasteiger partial charge < -0.3 is 23.7 Å². The first-order valence-electron chi connectivity index (χ1n) is 12.3. The molecule has 0 N–H and O–H groups in total. The second-order valence-electron chi connectivity index (χ2n) is 11.1. The molecule has 0 aliphatic carbocycles. The van der Waals surface area contributed by atoms with Gasteiger partial charge in [0.05, 0.1) is 32.0 Å². The lowest BCUT2D eigenvalue weighted by molar-refractivity contribution is -0.148. The molecule has 0 unspecified atom stereocenters. The van der Waals surface area contributed by atoms with Crippen molar-refractivity contribution in [2.45, 2.75) is 112 Å². The van der Waals surface area contributed by atoms with Gasteiger partial charge in [-0.05, 0) is 59.8 Å². The maximum Gasteiger partial charge on any atom is 0.165 e. The lowest BCUT2D eigenvalue weighted by Gasteiger charge is -2.24. The van der Waals surface area contributed by atoms with Crippen LogP contribution >= 0.6 is 15.9 Å². The van der Waals surface area contributed by atoms with E-state index in [1.165, 1.54) is 0 Å². The molecule has 2 saturated heterocycles. The molecule has 2 rings (SSSR count). The number of nitrogens with zero attached hydrogens (tertiary/aromatic N) is 1. The van der Waals surface area contributed by atoms with Gasteiger partial charge in [-0.2, -0.15) is 0 Å². The first-order valence-corrected chi connectivity index (χ1v) is 13.4. The third kappa shape index (κ3) is 17.7. The van der Waals surface area contributed by atoms with E-state index in [0.29, 0.717) is 19.1 Å². The summed E-state index contributed by atoms with van der Waals surface area (Å²) in [6.45, 7) is 21.3. The number of rotatable bonds is 9. The molecule has 2 aliphatic heterocycles. The van der Waals surface area contributed by atoms with Gasteiger partial charge in [-0.3, -0.25) is 4.99 Å². The van der Waals surface area contributed by atoms with E-state index in [9.17, 15) is 4.79 Å². The number of aliphatic imine (C=N–C) groups is 1. The van der Waals surface area contributed by atoms with Gasteiger partial charge in [-0.25, -0.2) is 0 Å². The molecule has 0 radical (unpaired) electrons. The molecule has 33 heavy (non-hydrogen) atoms. The predicted octanol–water partition coefficient (Wildman–Crippen LogP) is 6.58. The average Bonchev–Trinajstić information content (AvgIpc) is 3.34. The average molecular weight is 537 g/mol. The molecule has 0 aromatic carbocycles. The van der Waals surface area contributed by atoms with E-state index < -0.39 is 5.79 Å². The van der Waals surface area contributed by atoms with Gasteiger partial charge in [0.2, 0.25) is 0 Å². The molecule has 196 valence electrons. The summed E-state index contributed by atoms with van der Waals surface area (Å²) >= 11 is 3.37. The molecule has 2 heterocycles. The zero-order valence-corrected chi connectivity index (χ0v) is 24.3. The fraction of sp³-hybridized carbons (Fsp3) is 0.923. The van der Waals surface area contributed by atoms with E-state index in [-0.39, 0.29) is 16.7 Å². The van der Waals surface area contributed by atoms with Gasteiger partial charge in [0.1, 0.15) is 6.29 Å². The highest BCUT2D eigenvalue weighted by Crippen LogP contribution is 2.28. The van der Waals surface area contributed by atoms with Gasteiger partial charge >= 0.3 is 0 Å². The summed E-state index contributed by atoms with van der Waals surface area (Å²) in [5.74, 6) is -0.114. The fourth-order valence-corrected chi connectivity index (χ4v) is 3.37. The van der Waals surface area contributed by atoms with Crippen molar-refractivity contribution in [2.24, 2.45) is 16.3 Å². The van der Waals surface area contributed by atoms with E-state index in [2.05, 4.69) is 55.5 Å². The molecule has 6 nitrogen and oxygen atoms in total. The Morgan fingerprint density at radius 3 is 1.61 bits per heavy atom. The molecular formula is C26H50BrNO5. The molecule has 0 aromatic rings. The molecule has 0 amide bonds. The molecule has 0 atom stereocenters. The summed E-state index contributed by atoms with van der Waals surface area (Å²) in [7, 11) is 0. The third-order valence-corrected chi connectivity index (χ3v) is 5.65. The molecular weight excluding hydrogens is 486 g/mol. The van der Waals surface area contributed by atoms with Crippen molar-refractivity contribution in [2.75, 3.05) is 31.8 Å². The van der Waals surface area contributed by atoms with Crippen molar-refractivity contribution >= 4 is 28.4 Å². The molecule has 0 saturated carbocycles. The second-order valence-corrected chi connectivity index (χ2v) is 11.9. The number of ether oxygens (including phenoxy) is 4. The standard InChI is InChI=1S/C11H20O3.C8H17N.C7H13BrO2/c1-10(2,9-12)5-4-6-11(3)13-7-8-14-11;1-7(2)6-9-8(3,4)5;1-7(3-2-4-8)9-5-6-10-7/h9H,4-8H2,1-3H3;6-7H,1-5H3;2-6H2,1H3. The number of carbonyl (C=O) groups excluding carboxylic acids is 1. The van der Waals surface area contributed by atoms with E-state index in [4.69, 9.17) is 18.9 Å². The van der Waals surface area contributed by atoms with Crippen LogP contribution in [0.5, 0.6) is 0 Å². The summed E-state index contributed by atoms with van der Waals surface area (Å²) in [6, 6.07) is 0. The van der Waals surface area contributed by atoms with Crippen LogP contribution in [0.15, 0.2) is 4.99 Å². The zero-order chi connectivity index (χ0) is 25.6. The minimum atomic E-state index is -0.404. The smallest absolute Gasteiger partial charge is 0.165 e. The van der Waals surface area contributed by atoms with Gasteiger partial charge in [0, 0.05) is 29.8 Å². The monoisotopic (exact) mass is 535 g/mol. The minimum Gasteiger partial charge on any atom is -0.348 e. The maximum atomic E-state index is 10.7. The summed E-state index contributed by atoms with van der Waals surface area (Å²) in [4.78, 5) is 15.0. The highest BCUT2D eigenvalue weighted by atomic mass is 79.9. The Morgan fingerprint density at radius 2 is 1.30 bits per heavy atom. The molecule has 7 heteroatoms.